The van der Waals surface area contributed by atoms with Crippen LogP contribution in [0.2, 0.25) is 0 Å². The second-order valence-corrected chi connectivity index (χ2v) is 5.13. The molecule has 0 radical (unpaired) electrons. The van der Waals surface area contributed by atoms with Crippen molar-refractivity contribution in [2.24, 2.45) is 11.8 Å². The molecule has 0 bridgehead atoms. The van der Waals surface area contributed by atoms with E-state index < -0.39 is 0 Å². The molecule has 1 aliphatic rings. The molecule has 0 saturated carbocycles. The summed E-state index contributed by atoms with van der Waals surface area (Å²) in [7, 11) is 0. The van der Waals surface area contributed by atoms with Gasteiger partial charge in [0.25, 0.3) is 0 Å². The molecule has 1 heterocycles. The first-order chi connectivity index (χ1) is 8.79. The molecule has 0 aromatic heterocycles. The first-order valence-electron chi connectivity index (χ1n) is 8.50. The second-order valence-electron chi connectivity index (χ2n) is 5.13. The van der Waals surface area contributed by atoms with Crippen molar-refractivity contribution in [3.63, 3.8) is 0 Å². The van der Waals surface area contributed by atoms with Crippen molar-refractivity contribution in [2.45, 2.75) is 86.5 Å². The van der Waals surface area contributed by atoms with Gasteiger partial charge in [-0.1, -0.05) is 73.6 Å². The molecule has 0 spiro atoms. The van der Waals surface area contributed by atoms with E-state index in [2.05, 4.69) is 33.0 Å². The molecular weight excluding hydrogens is 218 g/mol. The van der Waals surface area contributed by atoms with Crippen molar-refractivity contribution in [2.75, 3.05) is 13.1 Å². The molecule has 18 heavy (non-hydrogen) atoms. The normalized spacial score (nSPS) is 15.5. The van der Waals surface area contributed by atoms with Gasteiger partial charge in [0.15, 0.2) is 0 Å². The molecule has 112 valence electrons. The highest BCUT2D eigenvalue weighted by Gasteiger charge is 2.21. The van der Waals surface area contributed by atoms with Gasteiger partial charge in [0.1, 0.15) is 0 Å². The third-order valence-corrected chi connectivity index (χ3v) is 3.37. The molecule has 0 atom stereocenters. The Balaban J connectivity index is 0. The third kappa shape index (κ3) is 11.1. The zero-order valence-corrected chi connectivity index (χ0v) is 14.0. The molecule has 1 aliphatic heterocycles. The average molecular weight is 258 g/mol. The van der Waals surface area contributed by atoms with Crippen LogP contribution in [0.25, 0.3) is 0 Å². The van der Waals surface area contributed by atoms with Gasteiger partial charge in [-0.2, -0.15) is 0 Å². The first-order valence-corrected chi connectivity index (χ1v) is 8.50. The number of nitrogens with one attached hydrogen (secondary N) is 1. The molecule has 1 rings (SSSR count). The zero-order chi connectivity index (χ0) is 14.2. The molecule has 0 aliphatic carbocycles. The quantitative estimate of drug-likeness (QED) is 0.671. The van der Waals surface area contributed by atoms with Gasteiger partial charge in [-0.25, -0.2) is 0 Å². The standard InChI is InChI=1S/C12H25N.C3H8.C2H6/c1-3-5-11(6-4-2)12-7-9-13-10-8-12;1-3-2;1-2/h11-13H,3-10H2,1-2H3;3H2,1-2H3;1-2H3. The summed E-state index contributed by atoms with van der Waals surface area (Å²) in [6.45, 7) is 15.4. The van der Waals surface area contributed by atoms with E-state index in [1.807, 2.05) is 13.8 Å². The molecule has 0 amide bonds. The fraction of sp³-hybridized carbons (Fsp3) is 1.00. The van der Waals surface area contributed by atoms with Gasteiger partial charge in [-0.15, -0.1) is 0 Å². The maximum atomic E-state index is 3.45. The van der Waals surface area contributed by atoms with Crippen molar-refractivity contribution in [1.29, 1.82) is 0 Å². The van der Waals surface area contributed by atoms with Gasteiger partial charge >= 0.3 is 0 Å². The monoisotopic (exact) mass is 257 g/mol. The lowest BCUT2D eigenvalue weighted by Crippen LogP contribution is -2.31. The summed E-state index contributed by atoms with van der Waals surface area (Å²) in [4.78, 5) is 0. The van der Waals surface area contributed by atoms with E-state index in [-0.39, 0.29) is 0 Å². The summed E-state index contributed by atoms with van der Waals surface area (Å²) < 4.78 is 0. The number of rotatable bonds is 5. The van der Waals surface area contributed by atoms with Crippen molar-refractivity contribution in [1.82, 2.24) is 5.32 Å². The van der Waals surface area contributed by atoms with E-state index in [0.717, 1.165) is 11.8 Å². The molecule has 0 aromatic carbocycles. The summed E-state index contributed by atoms with van der Waals surface area (Å²) in [6, 6.07) is 0. The number of hydrogen-bond acceptors (Lipinski definition) is 1. The van der Waals surface area contributed by atoms with E-state index in [1.54, 1.807) is 0 Å². The highest BCUT2D eigenvalue weighted by atomic mass is 14.9. The summed E-state index contributed by atoms with van der Waals surface area (Å²) in [5.41, 5.74) is 0. The maximum Gasteiger partial charge on any atom is -0.00462 e. The van der Waals surface area contributed by atoms with Crippen molar-refractivity contribution >= 4 is 0 Å². The van der Waals surface area contributed by atoms with Crippen LogP contribution in [-0.4, -0.2) is 13.1 Å². The predicted molar refractivity (Wildman–Crippen MR) is 86.2 cm³/mol. The predicted octanol–water partition coefficient (Wildman–Crippen LogP) is 5.64. The van der Waals surface area contributed by atoms with Crippen molar-refractivity contribution in [3.8, 4) is 0 Å². The van der Waals surface area contributed by atoms with Crippen LogP contribution >= 0.6 is 0 Å². The maximum absolute atomic E-state index is 3.45. The Morgan fingerprint density at radius 2 is 1.28 bits per heavy atom. The van der Waals surface area contributed by atoms with Crippen LogP contribution in [0.1, 0.15) is 86.5 Å². The Bertz CT molecular complexity index is 122. The van der Waals surface area contributed by atoms with Gasteiger partial charge in [-0.05, 0) is 37.8 Å². The van der Waals surface area contributed by atoms with E-state index in [0.29, 0.717) is 0 Å². The van der Waals surface area contributed by atoms with E-state index in [4.69, 9.17) is 0 Å². The van der Waals surface area contributed by atoms with Crippen molar-refractivity contribution < 1.29 is 0 Å². The Labute approximate surface area is 117 Å². The summed E-state index contributed by atoms with van der Waals surface area (Å²) >= 11 is 0. The lowest BCUT2D eigenvalue weighted by Gasteiger charge is -2.30. The van der Waals surface area contributed by atoms with Gasteiger partial charge < -0.3 is 5.32 Å². The van der Waals surface area contributed by atoms with E-state index >= 15 is 0 Å². The Hall–Kier alpha value is -0.0400. The molecule has 0 unspecified atom stereocenters. The van der Waals surface area contributed by atoms with Crippen LogP contribution in [0.5, 0.6) is 0 Å². The Morgan fingerprint density at radius 1 is 0.889 bits per heavy atom. The summed E-state index contributed by atoms with van der Waals surface area (Å²) in [6.07, 6.45) is 9.75. The molecule has 1 N–H and O–H groups in total. The SMILES string of the molecule is CC.CCC.CCCC(CCC)C1CCNCC1. The van der Waals surface area contributed by atoms with Crippen LogP contribution < -0.4 is 5.32 Å². The van der Waals surface area contributed by atoms with Gasteiger partial charge in [0.05, 0.1) is 0 Å². The van der Waals surface area contributed by atoms with Gasteiger partial charge in [0.2, 0.25) is 0 Å². The largest absolute Gasteiger partial charge is 0.317 e. The average Bonchev–Trinajstić information content (AvgIpc) is 2.43. The first kappa shape index (κ1) is 20.3. The van der Waals surface area contributed by atoms with Crippen LogP contribution in [0, 0.1) is 11.8 Å². The molecule has 1 heteroatoms. The van der Waals surface area contributed by atoms with Crippen LogP contribution in [0.3, 0.4) is 0 Å². The molecule has 1 saturated heterocycles. The summed E-state index contributed by atoms with van der Waals surface area (Å²) in [5, 5.41) is 3.45. The van der Waals surface area contributed by atoms with Crippen molar-refractivity contribution in [3.05, 3.63) is 0 Å². The Kier molecular flexibility index (Phi) is 19.1. The Morgan fingerprint density at radius 3 is 1.61 bits per heavy atom. The van der Waals surface area contributed by atoms with E-state index in [1.165, 1.54) is 58.0 Å². The summed E-state index contributed by atoms with van der Waals surface area (Å²) in [5.74, 6) is 2.05. The second kappa shape index (κ2) is 17.0. The zero-order valence-electron chi connectivity index (χ0n) is 14.0. The lowest BCUT2D eigenvalue weighted by molar-refractivity contribution is 0.231. The molecule has 1 nitrogen and oxygen atoms in total. The third-order valence-electron chi connectivity index (χ3n) is 3.37. The van der Waals surface area contributed by atoms with E-state index in [9.17, 15) is 0 Å². The topological polar surface area (TPSA) is 12.0 Å². The van der Waals surface area contributed by atoms with Crippen LogP contribution in [0.4, 0.5) is 0 Å². The smallest absolute Gasteiger partial charge is 0.00462 e. The van der Waals surface area contributed by atoms with Gasteiger partial charge in [0, 0.05) is 0 Å². The highest BCUT2D eigenvalue weighted by molar-refractivity contribution is 4.75. The fourth-order valence-electron chi connectivity index (χ4n) is 2.67. The number of hydrogen-bond donors (Lipinski definition) is 1. The molecular formula is C17H39N. The minimum atomic E-state index is 1.03. The number of piperidine rings is 1. The lowest BCUT2D eigenvalue weighted by atomic mass is 9.80. The highest BCUT2D eigenvalue weighted by Crippen LogP contribution is 2.29. The minimum Gasteiger partial charge on any atom is -0.317 e. The molecule has 1 fully saturated rings. The van der Waals surface area contributed by atoms with Crippen LogP contribution in [-0.2, 0) is 0 Å². The molecule has 0 aromatic rings. The fourth-order valence-corrected chi connectivity index (χ4v) is 2.67. The minimum absolute atomic E-state index is 1.03. The van der Waals surface area contributed by atoms with Crippen LogP contribution in [0.15, 0.2) is 0 Å². The van der Waals surface area contributed by atoms with Gasteiger partial charge in [-0.3, -0.25) is 0 Å².